The fourth-order valence-corrected chi connectivity index (χ4v) is 4.12. The van der Waals surface area contributed by atoms with Gasteiger partial charge in [0.15, 0.2) is 11.5 Å². The van der Waals surface area contributed by atoms with Gasteiger partial charge in [-0.15, -0.1) is 0 Å². The minimum atomic E-state index is -3.50. The van der Waals surface area contributed by atoms with Crippen molar-refractivity contribution in [3.8, 4) is 11.5 Å². The molecule has 0 saturated heterocycles. The van der Waals surface area contributed by atoms with E-state index in [-0.39, 0.29) is 6.04 Å². The third-order valence-electron chi connectivity index (χ3n) is 3.68. The molecular formula is C16H26N2O4S. The summed E-state index contributed by atoms with van der Waals surface area (Å²) < 4.78 is 40.4. The quantitative estimate of drug-likeness (QED) is 0.788. The number of benzene rings is 1. The summed E-state index contributed by atoms with van der Waals surface area (Å²) in [5.74, 6) is 1.37. The standard InChI is InChI=1S/C16H26N2O4S/c1-4-8-18(9-5-2)23(19,20)17-13(3)14-6-7-15-16(12-14)22-11-10-21-15/h6-7,12-13,17H,4-5,8-11H2,1-3H3/t13-/m0/s1. The molecule has 0 spiro atoms. The molecule has 0 aliphatic carbocycles. The Morgan fingerprint density at radius 2 is 1.74 bits per heavy atom. The number of nitrogens with one attached hydrogen (secondary N) is 1. The minimum absolute atomic E-state index is 0.341. The van der Waals surface area contributed by atoms with Gasteiger partial charge in [-0.25, -0.2) is 0 Å². The summed E-state index contributed by atoms with van der Waals surface area (Å²) in [4.78, 5) is 0. The lowest BCUT2D eigenvalue weighted by atomic mass is 10.1. The van der Waals surface area contributed by atoms with E-state index in [9.17, 15) is 8.42 Å². The summed E-state index contributed by atoms with van der Waals surface area (Å²) in [6, 6.07) is 5.19. The summed E-state index contributed by atoms with van der Waals surface area (Å²) in [7, 11) is -3.50. The lowest BCUT2D eigenvalue weighted by Crippen LogP contribution is -2.42. The Balaban J connectivity index is 2.12. The zero-order valence-electron chi connectivity index (χ0n) is 14.0. The second kappa shape index (κ2) is 7.99. The van der Waals surface area contributed by atoms with Crippen LogP contribution in [-0.4, -0.2) is 39.0 Å². The van der Waals surface area contributed by atoms with E-state index in [4.69, 9.17) is 9.47 Å². The van der Waals surface area contributed by atoms with E-state index in [1.807, 2.05) is 39.0 Å². The Kier molecular flexibility index (Phi) is 6.26. The molecule has 1 aromatic carbocycles. The summed E-state index contributed by atoms with van der Waals surface area (Å²) in [5.41, 5.74) is 0.853. The summed E-state index contributed by atoms with van der Waals surface area (Å²) in [5, 5.41) is 0. The first-order valence-electron chi connectivity index (χ1n) is 8.15. The molecule has 2 rings (SSSR count). The van der Waals surface area contributed by atoms with Gasteiger partial charge in [-0.3, -0.25) is 0 Å². The Morgan fingerprint density at radius 1 is 1.13 bits per heavy atom. The van der Waals surface area contributed by atoms with Gasteiger partial charge in [0.05, 0.1) is 0 Å². The molecule has 1 aliphatic heterocycles. The zero-order valence-corrected chi connectivity index (χ0v) is 14.9. The normalized spacial score (nSPS) is 15.7. The molecule has 1 aromatic rings. The fraction of sp³-hybridized carbons (Fsp3) is 0.625. The molecule has 0 bridgehead atoms. The molecule has 0 amide bonds. The number of ether oxygens (including phenoxy) is 2. The monoisotopic (exact) mass is 342 g/mol. The Labute approximate surface area is 139 Å². The second-order valence-electron chi connectivity index (χ2n) is 5.65. The predicted molar refractivity (Wildman–Crippen MR) is 90.1 cm³/mol. The van der Waals surface area contributed by atoms with Crippen molar-refractivity contribution < 1.29 is 17.9 Å². The lowest BCUT2D eigenvalue weighted by Gasteiger charge is -2.25. The number of rotatable bonds is 8. The van der Waals surface area contributed by atoms with Crippen LogP contribution in [0.4, 0.5) is 0 Å². The van der Waals surface area contributed by atoms with Crippen LogP contribution in [0.2, 0.25) is 0 Å². The fourth-order valence-electron chi connectivity index (χ4n) is 2.55. The third-order valence-corrected chi connectivity index (χ3v) is 5.37. The maximum atomic E-state index is 12.5. The summed E-state index contributed by atoms with van der Waals surface area (Å²) in [6.07, 6.45) is 1.58. The van der Waals surface area contributed by atoms with Gasteiger partial charge in [-0.1, -0.05) is 19.9 Å². The Bertz CT molecular complexity index is 613. The van der Waals surface area contributed by atoms with Crippen molar-refractivity contribution in [2.24, 2.45) is 0 Å². The highest BCUT2D eigenvalue weighted by Crippen LogP contribution is 2.32. The van der Waals surface area contributed by atoms with Crippen molar-refractivity contribution in [3.63, 3.8) is 0 Å². The van der Waals surface area contributed by atoms with Crippen molar-refractivity contribution >= 4 is 10.2 Å². The van der Waals surface area contributed by atoms with Crippen molar-refractivity contribution in [2.45, 2.75) is 39.7 Å². The smallest absolute Gasteiger partial charge is 0.279 e. The summed E-state index contributed by atoms with van der Waals surface area (Å²) >= 11 is 0. The molecule has 1 N–H and O–H groups in total. The van der Waals surface area contributed by atoms with Crippen molar-refractivity contribution in [3.05, 3.63) is 23.8 Å². The van der Waals surface area contributed by atoms with Gasteiger partial charge in [0.1, 0.15) is 13.2 Å². The highest BCUT2D eigenvalue weighted by atomic mass is 32.2. The molecule has 0 unspecified atom stereocenters. The SMILES string of the molecule is CCCN(CCC)S(=O)(=O)N[C@@H](C)c1ccc2c(c1)OCCO2. The van der Waals surface area contributed by atoms with Gasteiger partial charge in [0.25, 0.3) is 10.2 Å². The molecule has 0 fully saturated rings. The van der Waals surface area contributed by atoms with Crippen LogP contribution in [-0.2, 0) is 10.2 Å². The molecule has 0 aromatic heterocycles. The van der Waals surface area contributed by atoms with Crippen LogP contribution in [0.15, 0.2) is 18.2 Å². The molecule has 1 aliphatic rings. The first kappa shape index (κ1) is 18.0. The van der Waals surface area contributed by atoms with Crippen molar-refractivity contribution in [2.75, 3.05) is 26.3 Å². The van der Waals surface area contributed by atoms with Gasteiger partial charge < -0.3 is 9.47 Å². The largest absolute Gasteiger partial charge is 0.486 e. The molecule has 6 nitrogen and oxygen atoms in total. The first-order chi connectivity index (χ1) is 11.0. The Hall–Kier alpha value is -1.31. The van der Waals surface area contributed by atoms with E-state index >= 15 is 0 Å². The van der Waals surface area contributed by atoms with Gasteiger partial charge in [0.2, 0.25) is 0 Å². The molecule has 7 heteroatoms. The highest BCUT2D eigenvalue weighted by Gasteiger charge is 2.24. The van der Waals surface area contributed by atoms with Crippen LogP contribution in [0.25, 0.3) is 0 Å². The van der Waals surface area contributed by atoms with E-state index in [1.165, 1.54) is 4.31 Å². The molecule has 1 atom stereocenters. The van der Waals surface area contributed by atoms with Crippen molar-refractivity contribution in [1.82, 2.24) is 9.03 Å². The average Bonchev–Trinajstić information content (AvgIpc) is 2.53. The number of nitrogens with zero attached hydrogens (tertiary/aromatic N) is 1. The third kappa shape index (κ3) is 4.59. The number of hydrogen-bond acceptors (Lipinski definition) is 4. The van der Waals surface area contributed by atoms with Gasteiger partial charge in [-0.05, 0) is 37.5 Å². The van der Waals surface area contributed by atoms with Crippen LogP contribution < -0.4 is 14.2 Å². The molecule has 0 radical (unpaired) electrons. The molecule has 1 heterocycles. The molecule has 130 valence electrons. The van der Waals surface area contributed by atoms with E-state index in [0.29, 0.717) is 37.8 Å². The first-order valence-corrected chi connectivity index (χ1v) is 9.59. The van der Waals surface area contributed by atoms with Crippen LogP contribution in [0, 0.1) is 0 Å². The number of fused-ring (bicyclic) bond motifs is 1. The second-order valence-corrected chi connectivity index (χ2v) is 7.35. The van der Waals surface area contributed by atoms with Gasteiger partial charge >= 0.3 is 0 Å². The summed E-state index contributed by atoms with van der Waals surface area (Å²) in [6.45, 7) is 7.88. The van der Waals surface area contributed by atoms with Gasteiger partial charge in [-0.2, -0.15) is 17.4 Å². The van der Waals surface area contributed by atoms with E-state index in [2.05, 4.69) is 4.72 Å². The maximum Gasteiger partial charge on any atom is 0.279 e. The lowest BCUT2D eigenvalue weighted by molar-refractivity contribution is 0.171. The minimum Gasteiger partial charge on any atom is -0.486 e. The molecular weight excluding hydrogens is 316 g/mol. The van der Waals surface area contributed by atoms with Crippen LogP contribution >= 0.6 is 0 Å². The maximum absolute atomic E-state index is 12.5. The van der Waals surface area contributed by atoms with E-state index < -0.39 is 10.2 Å². The zero-order chi connectivity index (χ0) is 16.9. The average molecular weight is 342 g/mol. The number of hydrogen-bond donors (Lipinski definition) is 1. The van der Waals surface area contributed by atoms with Crippen LogP contribution in [0.3, 0.4) is 0 Å². The highest BCUT2D eigenvalue weighted by molar-refractivity contribution is 7.87. The molecule has 23 heavy (non-hydrogen) atoms. The van der Waals surface area contributed by atoms with Crippen LogP contribution in [0.1, 0.15) is 45.2 Å². The van der Waals surface area contributed by atoms with Crippen molar-refractivity contribution in [1.29, 1.82) is 0 Å². The predicted octanol–water partition coefficient (Wildman–Crippen LogP) is 2.48. The van der Waals surface area contributed by atoms with E-state index in [0.717, 1.165) is 18.4 Å². The Morgan fingerprint density at radius 3 is 2.35 bits per heavy atom. The van der Waals surface area contributed by atoms with E-state index in [1.54, 1.807) is 0 Å². The topological polar surface area (TPSA) is 67.9 Å². The molecule has 0 saturated carbocycles. The van der Waals surface area contributed by atoms with Crippen LogP contribution in [0.5, 0.6) is 11.5 Å². The van der Waals surface area contributed by atoms with Gasteiger partial charge in [0, 0.05) is 19.1 Å².